The second-order valence-electron chi connectivity index (χ2n) is 5.80. The summed E-state index contributed by atoms with van der Waals surface area (Å²) in [6.45, 7) is 1.01. The van der Waals surface area contributed by atoms with Crippen LogP contribution in [0.1, 0.15) is 0 Å². The first-order valence-electron chi connectivity index (χ1n) is 8.17. The lowest BCUT2D eigenvalue weighted by Crippen LogP contribution is -2.09. The van der Waals surface area contributed by atoms with Crippen LogP contribution >= 0.6 is 23.2 Å². The molecule has 0 radical (unpaired) electrons. The fraction of sp³-hybridized carbons (Fsp3) is 0.150. The highest BCUT2D eigenvalue weighted by Crippen LogP contribution is 2.38. The highest BCUT2D eigenvalue weighted by atomic mass is 35.5. The Morgan fingerprint density at radius 2 is 1.85 bits per heavy atom. The summed E-state index contributed by atoms with van der Waals surface area (Å²) in [6.07, 6.45) is 0. The zero-order valence-electron chi connectivity index (χ0n) is 14.5. The molecule has 2 N–H and O–H groups in total. The minimum absolute atomic E-state index is 0.0749. The Balaban J connectivity index is 2.16. The van der Waals surface area contributed by atoms with Gasteiger partial charge in [-0.05, 0) is 48.0 Å². The molecule has 0 fully saturated rings. The van der Waals surface area contributed by atoms with Crippen molar-refractivity contribution in [1.29, 1.82) is 0 Å². The largest absolute Gasteiger partial charge is 0.507 e. The Bertz CT molecular complexity index is 946. The van der Waals surface area contributed by atoms with E-state index in [4.69, 9.17) is 27.9 Å². The molecule has 0 aliphatic rings. The Morgan fingerprint density at radius 1 is 1.11 bits per heavy atom. The number of aromatic nitrogens is 1. The molecule has 0 saturated heterocycles. The molecule has 1 aromatic heterocycles. The van der Waals surface area contributed by atoms with Crippen LogP contribution in [0.3, 0.4) is 0 Å². The average Bonchev–Trinajstić information content (AvgIpc) is 2.64. The third kappa shape index (κ3) is 4.50. The van der Waals surface area contributed by atoms with Crippen molar-refractivity contribution in [2.75, 3.05) is 25.6 Å². The van der Waals surface area contributed by atoms with Crippen LogP contribution < -0.4 is 5.32 Å². The van der Waals surface area contributed by atoms with Crippen molar-refractivity contribution in [1.82, 2.24) is 4.98 Å². The summed E-state index contributed by atoms with van der Waals surface area (Å²) in [5, 5.41) is 14.3. The van der Waals surface area contributed by atoms with E-state index in [1.165, 1.54) is 18.2 Å². The van der Waals surface area contributed by atoms with Gasteiger partial charge in [0.15, 0.2) is 0 Å². The number of halogens is 3. The van der Waals surface area contributed by atoms with Crippen molar-refractivity contribution in [2.24, 2.45) is 0 Å². The van der Waals surface area contributed by atoms with Gasteiger partial charge in [0.05, 0.1) is 12.3 Å². The molecule has 0 amide bonds. The van der Waals surface area contributed by atoms with E-state index < -0.39 is 5.82 Å². The van der Waals surface area contributed by atoms with Gasteiger partial charge in [-0.3, -0.25) is 0 Å². The molecule has 140 valence electrons. The number of phenols is 1. The minimum Gasteiger partial charge on any atom is -0.507 e. The molecule has 1 heterocycles. The van der Waals surface area contributed by atoms with Crippen LogP contribution in [0.15, 0.2) is 48.5 Å². The quantitative estimate of drug-likeness (QED) is 0.521. The Kier molecular flexibility index (Phi) is 6.16. The lowest BCUT2D eigenvalue weighted by Gasteiger charge is -2.14. The predicted octanol–water partition coefficient (Wildman–Crippen LogP) is 5.63. The van der Waals surface area contributed by atoms with E-state index in [9.17, 15) is 9.50 Å². The van der Waals surface area contributed by atoms with Crippen molar-refractivity contribution < 1.29 is 14.2 Å². The van der Waals surface area contributed by atoms with Crippen molar-refractivity contribution in [2.45, 2.75) is 0 Å². The molecule has 0 bridgehead atoms. The summed E-state index contributed by atoms with van der Waals surface area (Å²) in [5.41, 5.74) is 1.99. The van der Waals surface area contributed by atoms with Gasteiger partial charge in [0.25, 0.3) is 0 Å². The SMILES string of the molecule is COCCNc1cc(-c2c(Cl)cccc2Cl)cc(-c2cc(F)ccc2O)n1. The molecule has 0 aliphatic carbocycles. The van der Waals surface area contributed by atoms with Gasteiger partial charge in [-0.25, -0.2) is 9.37 Å². The number of methoxy groups -OCH3 is 1. The molecular formula is C20H17Cl2FN2O2. The van der Waals surface area contributed by atoms with E-state index in [0.717, 1.165) is 0 Å². The Hall–Kier alpha value is -2.34. The number of nitrogens with one attached hydrogen (secondary N) is 1. The lowest BCUT2D eigenvalue weighted by molar-refractivity contribution is 0.210. The topological polar surface area (TPSA) is 54.4 Å². The van der Waals surface area contributed by atoms with Crippen LogP contribution in [0.5, 0.6) is 5.75 Å². The maximum Gasteiger partial charge on any atom is 0.127 e. The number of pyridine rings is 1. The van der Waals surface area contributed by atoms with Gasteiger partial charge >= 0.3 is 0 Å². The fourth-order valence-electron chi connectivity index (χ4n) is 2.67. The minimum atomic E-state index is -0.473. The van der Waals surface area contributed by atoms with Crippen molar-refractivity contribution in [3.63, 3.8) is 0 Å². The van der Waals surface area contributed by atoms with E-state index in [-0.39, 0.29) is 11.3 Å². The average molecular weight is 407 g/mol. The number of rotatable bonds is 6. The van der Waals surface area contributed by atoms with Gasteiger partial charge in [0.2, 0.25) is 0 Å². The molecule has 0 aliphatic heterocycles. The summed E-state index contributed by atoms with van der Waals surface area (Å²) in [6, 6.07) is 12.4. The van der Waals surface area contributed by atoms with Crippen LogP contribution in [-0.4, -0.2) is 30.4 Å². The standard InChI is InChI=1S/C20H17Cl2FN2O2/c1-27-8-7-24-19-10-12(20-15(21)3-2-4-16(20)22)9-17(25-19)14-11-13(23)5-6-18(14)26/h2-6,9-11,26H,7-8H2,1H3,(H,24,25). The third-order valence-electron chi connectivity index (χ3n) is 3.92. The van der Waals surface area contributed by atoms with Crippen molar-refractivity contribution in [3.8, 4) is 28.1 Å². The highest BCUT2D eigenvalue weighted by molar-refractivity contribution is 6.39. The fourth-order valence-corrected chi connectivity index (χ4v) is 3.29. The van der Waals surface area contributed by atoms with Crippen LogP contribution in [0, 0.1) is 5.82 Å². The number of aromatic hydroxyl groups is 1. The summed E-state index contributed by atoms with van der Waals surface area (Å²) >= 11 is 12.7. The number of anilines is 1. The molecule has 27 heavy (non-hydrogen) atoms. The molecule has 3 rings (SSSR count). The smallest absolute Gasteiger partial charge is 0.127 e. The summed E-state index contributed by atoms with van der Waals surface area (Å²) in [5.74, 6) is -0.0204. The number of nitrogens with zero attached hydrogens (tertiary/aromatic N) is 1. The van der Waals surface area contributed by atoms with E-state index in [0.29, 0.717) is 45.8 Å². The number of hydrogen-bond donors (Lipinski definition) is 2. The van der Waals surface area contributed by atoms with Crippen LogP contribution in [-0.2, 0) is 4.74 Å². The summed E-state index contributed by atoms with van der Waals surface area (Å²) < 4.78 is 18.8. The number of phenolic OH excluding ortho intramolecular Hbond substituents is 1. The van der Waals surface area contributed by atoms with Gasteiger partial charge in [-0.2, -0.15) is 0 Å². The van der Waals surface area contributed by atoms with Crippen LogP contribution in [0.4, 0.5) is 10.2 Å². The van der Waals surface area contributed by atoms with E-state index in [2.05, 4.69) is 10.3 Å². The zero-order valence-corrected chi connectivity index (χ0v) is 16.0. The molecular weight excluding hydrogens is 390 g/mol. The third-order valence-corrected chi connectivity index (χ3v) is 4.55. The molecule has 0 unspecified atom stereocenters. The van der Waals surface area contributed by atoms with E-state index in [1.54, 1.807) is 37.4 Å². The summed E-state index contributed by atoms with van der Waals surface area (Å²) in [7, 11) is 1.60. The number of benzene rings is 2. The second-order valence-corrected chi connectivity index (χ2v) is 6.62. The molecule has 0 atom stereocenters. The van der Waals surface area contributed by atoms with Crippen LogP contribution in [0.2, 0.25) is 10.0 Å². The molecule has 0 saturated carbocycles. The van der Waals surface area contributed by atoms with Gasteiger partial charge in [0.1, 0.15) is 17.4 Å². The predicted molar refractivity (Wildman–Crippen MR) is 107 cm³/mol. The lowest BCUT2D eigenvalue weighted by atomic mass is 10.0. The molecule has 0 spiro atoms. The monoisotopic (exact) mass is 406 g/mol. The first kappa shape index (κ1) is 19.4. The first-order chi connectivity index (χ1) is 13.0. The van der Waals surface area contributed by atoms with Gasteiger partial charge < -0.3 is 15.2 Å². The van der Waals surface area contributed by atoms with E-state index >= 15 is 0 Å². The maximum atomic E-state index is 13.7. The molecule has 4 nitrogen and oxygen atoms in total. The molecule has 7 heteroatoms. The van der Waals surface area contributed by atoms with Gasteiger partial charge in [-0.1, -0.05) is 29.3 Å². The summed E-state index contributed by atoms with van der Waals surface area (Å²) in [4.78, 5) is 4.48. The number of hydrogen-bond acceptors (Lipinski definition) is 4. The second kappa shape index (κ2) is 8.57. The van der Waals surface area contributed by atoms with E-state index in [1.807, 2.05) is 0 Å². The van der Waals surface area contributed by atoms with Crippen LogP contribution in [0.25, 0.3) is 22.4 Å². The van der Waals surface area contributed by atoms with Crippen molar-refractivity contribution >= 4 is 29.0 Å². The Labute approximate surface area is 166 Å². The maximum absolute atomic E-state index is 13.7. The molecule has 2 aromatic carbocycles. The molecule has 3 aromatic rings. The normalized spacial score (nSPS) is 10.8. The Morgan fingerprint density at radius 3 is 2.56 bits per heavy atom. The number of ether oxygens (including phenoxy) is 1. The first-order valence-corrected chi connectivity index (χ1v) is 8.93. The highest BCUT2D eigenvalue weighted by Gasteiger charge is 2.15. The van der Waals surface area contributed by atoms with Gasteiger partial charge in [-0.15, -0.1) is 0 Å². The zero-order chi connectivity index (χ0) is 19.4. The van der Waals surface area contributed by atoms with Gasteiger partial charge in [0, 0.05) is 34.8 Å². The van der Waals surface area contributed by atoms with Crippen molar-refractivity contribution in [3.05, 3.63) is 64.4 Å².